The van der Waals surface area contributed by atoms with Crippen molar-refractivity contribution in [2.45, 2.75) is 91.8 Å². The fourth-order valence-electron chi connectivity index (χ4n) is 8.60. The molecule has 4 heterocycles. The largest absolute Gasteiger partial charge is 0.478 e. The lowest BCUT2D eigenvalue weighted by Crippen LogP contribution is -2.32. The molecule has 19 heteroatoms. The molecule has 0 spiro atoms. The van der Waals surface area contributed by atoms with E-state index in [-0.39, 0.29) is 11.5 Å². The van der Waals surface area contributed by atoms with Crippen LogP contribution in [0.25, 0.3) is 67.1 Å². The number of carbonyl (C=O) groups is 4. The Morgan fingerprint density at radius 2 is 0.894 bits per heavy atom. The highest BCUT2D eigenvalue weighted by Gasteiger charge is 2.20. The number of hydrogen-bond donors (Lipinski definition) is 5. The number of hydrogen-bond acceptors (Lipinski definition) is 13. The van der Waals surface area contributed by atoms with Crippen molar-refractivity contribution < 1.29 is 33.8 Å². The molecule has 0 fully saturated rings. The molecule has 0 saturated carbocycles. The Kier molecular flexibility index (Phi) is 20.6. The first-order valence-electron chi connectivity index (χ1n) is 27.9. The fraction of sp³-hybridized carbons (Fsp3) is 0.242. The summed E-state index contributed by atoms with van der Waals surface area (Å²) in [6.45, 7) is 14.7. The summed E-state index contributed by atoms with van der Waals surface area (Å²) in [5.74, 6) is -1.17. The van der Waals surface area contributed by atoms with Gasteiger partial charge in [-0.2, -0.15) is 0 Å². The Morgan fingerprint density at radius 3 is 1.29 bits per heavy atom. The average molecular weight is 1140 g/mol. The number of rotatable bonds is 17. The number of amides is 3. The first-order valence-corrected chi connectivity index (χ1v) is 27.9. The van der Waals surface area contributed by atoms with Gasteiger partial charge in [0.05, 0.1) is 63.1 Å². The zero-order chi connectivity index (χ0) is 60.3. The van der Waals surface area contributed by atoms with Gasteiger partial charge in [0.1, 0.15) is 11.2 Å². The number of nitrogens with zero attached hydrogens (tertiary/aromatic N) is 8. The highest BCUT2D eigenvalue weighted by molar-refractivity contribution is 5.98. The van der Waals surface area contributed by atoms with Crippen molar-refractivity contribution in [3.05, 3.63) is 205 Å². The second kappa shape index (κ2) is 28.7. The summed E-state index contributed by atoms with van der Waals surface area (Å²) in [5, 5.41) is 17.9. The lowest BCUT2D eigenvalue weighted by Gasteiger charge is -2.19. The number of aromatic nitrogens is 8. The van der Waals surface area contributed by atoms with E-state index in [1.807, 2.05) is 178 Å². The lowest BCUT2D eigenvalue weighted by molar-refractivity contribution is 0.0512. The SMILES string of the molecule is CC(C)(C)OC(=O)NCc1ccc(-c2nc3cc(C(=O)NCCCn4ccnc4)ccc3nc2-c2ccccc2)cc1.CC(C)(C)OC(=O)NCc1ccc(-c2nc3cc(C(=O)O)ccc3nc2-c2ccccc2)cc1.NCCCn1ccnc1. The van der Waals surface area contributed by atoms with Gasteiger partial charge in [-0.1, -0.05) is 109 Å². The first kappa shape index (κ1) is 60.9. The van der Waals surface area contributed by atoms with Crippen LogP contribution >= 0.6 is 0 Å². The van der Waals surface area contributed by atoms with Crippen LogP contribution in [0.2, 0.25) is 0 Å². The second-order valence-electron chi connectivity index (χ2n) is 21.7. The molecule has 0 aliphatic heterocycles. The summed E-state index contributed by atoms with van der Waals surface area (Å²) in [4.78, 5) is 75.8. The number of aromatic carboxylic acids is 1. The topological polar surface area (TPSA) is 256 Å². The summed E-state index contributed by atoms with van der Waals surface area (Å²) < 4.78 is 14.6. The van der Waals surface area contributed by atoms with Crippen LogP contribution < -0.4 is 21.7 Å². The minimum absolute atomic E-state index is 0.153. The number of nitrogens with two attached hydrogens (primary N) is 1. The minimum Gasteiger partial charge on any atom is -0.478 e. The van der Waals surface area contributed by atoms with Crippen molar-refractivity contribution in [2.75, 3.05) is 13.1 Å². The quantitative estimate of drug-likeness (QED) is 0.0532. The van der Waals surface area contributed by atoms with E-state index in [1.165, 1.54) is 12.1 Å². The summed E-state index contributed by atoms with van der Waals surface area (Å²) in [6.07, 6.45) is 11.8. The molecule has 10 aromatic rings. The van der Waals surface area contributed by atoms with Gasteiger partial charge in [-0.05, 0) is 108 Å². The zero-order valence-corrected chi connectivity index (χ0v) is 48.5. The third-order valence-corrected chi connectivity index (χ3v) is 12.7. The van der Waals surface area contributed by atoms with Crippen LogP contribution in [0.4, 0.5) is 9.59 Å². The third-order valence-electron chi connectivity index (χ3n) is 12.7. The van der Waals surface area contributed by atoms with Crippen LogP contribution in [-0.2, 0) is 35.7 Å². The molecule has 0 radical (unpaired) electrons. The van der Waals surface area contributed by atoms with Gasteiger partial charge in [0.25, 0.3) is 5.91 Å². The van der Waals surface area contributed by atoms with Crippen LogP contribution in [0.1, 0.15) is 86.2 Å². The number of imidazole rings is 2. The van der Waals surface area contributed by atoms with E-state index in [4.69, 9.17) is 35.1 Å². The van der Waals surface area contributed by atoms with Gasteiger partial charge in [-0.15, -0.1) is 0 Å². The molecule has 85 heavy (non-hydrogen) atoms. The molecule has 0 aliphatic carbocycles. The van der Waals surface area contributed by atoms with Gasteiger partial charge >= 0.3 is 18.2 Å². The fourth-order valence-corrected chi connectivity index (χ4v) is 8.60. The number of benzene rings is 6. The van der Waals surface area contributed by atoms with E-state index in [0.717, 1.165) is 71.6 Å². The average Bonchev–Trinajstić information content (AvgIpc) is 2.86. The Balaban J connectivity index is 0.000000196. The van der Waals surface area contributed by atoms with Crippen LogP contribution in [-0.4, -0.2) is 92.5 Å². The zero-order valence-electron chi connectivity index (χ0n) is 48.5. The number of aryl methyl sites for hydroxylation is 2. The summed E-state index contributed by atoms with van der Waals surface area (Å²) in [7, 11) is 0. The standard InChI is InChI=1S/C33H34N6O3.C27H25N3O4.C6H11N3/c1-33(2,3)42-32(41)36-21-23-10-12-25(13-11-23)30-29(24-8-5-4-6-9-24)37-27-15-14-26(20-28(27)38-30)31(40)35-16-7-18-39-19-17-34-22-39;1-27(2,3)34-26(33)28-16-17-9-11-19(12-10-17)24-23(18-7-5-4-6-8-18)29-21-14-13-20(25(31)32)15-22(21)30-24;7-2-1-4-9-5-3-8-6-9/h4-6,8-15,17,19-20,22H,7,16,18,21H2,1-3H3,(H,35,40)(H,36,41);4-15H,16H2,1-3H3,(H,28,33)(H,31,32);3,5-6H,1-2,4,7H2. The molecule has 0 saturated heterocycles. The molecule has 3 amide bonds. The van der Waals surface area contributed by atoms with Crippen molar-refractivity contribution in [1.82, 2.24) is 55.0 Å². The van der Waals surface area contributed by atoms with Crippen LogP contribution in [0.3, 0.4) is 0 Å². The summed E-state index contributed by atoms with van der Waals surface area (Å²) in [5.41, 5.74) is 15.5. The van der Waals surface area contributed by atoms with E-state index in [2.05, 4.69) is 25.9 Å². The van der Waals surface area contributed by atoms with E-state index >= 15 is 0 Å². The molecular formula is C66H70N12O7. The van der Waals surface area contributed by atoms with Gasteiger partial charge in [-0.25, -0.2) is 44.3 Å². The maximum Gasteiger partial charge on any atom is 0.407 e. The van der Waals surface area contributed by atoms with Crippen molar-refractivity contribution >= 4 is 46.1 Å². The second-order valence-corrected chi connectivity index (χ2v) is 21.7. The van der Waals surface area contributed by atoms with Crippen LogP contribution in [0, 0.1) is 0 Å². The van der Waals surface area contributed by atoms with E-state index in [1.54, 1.807) is 43.2 Å². The van der Waals surface area contributed by atoms with Crippen molar-refractivity contribution in [3.8, 4) is 45.0 Å². The normalized spacial score (nSPS) is 11.1. The summed E-state index contributed by atoms with van der Waals surface area (Å²) in [6, 6.07) is 45.2. The number of carboxylic acid groups (broad SMARTS) is 1. The number of carbonyl (C=O) groups excluding carboxylic acids is 3. The molecule has 436 valence electrons. The number of ether oxygens (including phenoxy) is 2. The molecule has 0 aliphatic rings. The minimum atomic E-state index is -1.01. The number of nitrogens with one attached hydrogen (secondary N) is 3. The Morgan fingerprint density at radius 1 is 0.494 bits per heavy atom. The number of fused-ring (bicyclic) bond motifs is 2. The van der Waals surface area contributed by atoms with E-state index < -0.39 is 29.4 Å². The monoisotopic (exact) mass is 1140 g/mol. The lowest BCUT2D eigenvalue weighted by atomic mass is 10.0. The number of alkyl carbamates (subject to hydrolysis) is 2. The molecule has 4 aromatic heterocycles. The third kappa shape index (κ3) is 18.2. The van der Waals surface area contributed by atoms with E-state index in [0.29, 0.717) is 64.3 Å². The smallest absolute Gasteiger partial charge is 0.407 e. The molecule has 0 atom stereocenters. The van der Waals surface area contributed by atoms with Crippen molar-refractivity contribution in [3.63, 3.8) is 0 Å². The molecule has 6 N–H and O–H groups in total. The van der Waals surface area contributed by atoms with Gasteiger partial charge in [0, 0.05) is 85.3 Å². The Bertz CT molecular complexity index is 3810. The molecule has 0 bridgehead atoms. The van der Waals surface area contributed by atoms with E-state index in [9.17, 15) is 24.3 Å². The van der Waals surface area contributed by atoms with Gasteiger partial charge in [0.2, 0.25) is 0 Å². The molecule has 0 unspecified atom stereocenters. The highest BCUT2D eigenvalue weighted by atomic mass is 16.6. The Labute approximate surface area is 493 Å². The van der Waals surface area contributed by atoms with Gasteiger partial charge in [-0.3, -0.25) is 4.79 Å². The maximum atomic E-state index is 12.9. The van der Waals surface area contributed by atoms with Crippen LogP contribution in [0.15, 0.2) is 183 Å². The van der Waals surface area contributed by atoms with Gasteiger partial charge < -0.3 is 45.4 Å². The molecule has 19 nitrogen and oxygen atoms in total. The predicted molar refractivity (Wildman–Crippen MR) is 329 cm³/mol. The molecule has 10 rings (SSSR count). The highest BCUT2D eigenvalue weighted by Crippen LogP contribution is 2.33. The van der Waals surface area contributed by atoms with Crippen LogP contribution in [0.5, 0.6) is 0 Å². The van der Waals surface area contributed by atoms with Gasteiger partial charge in [0.15, 0.2) is 0 Å². The first-order chi connectivity index (χ1) is 40.9. The summed E-state index contributed by atoms with van der Waals surface area (Å²) >= 11 is 0. The van der Waals surface area contributed by atoms with Crippen molar-refractivity contribution in [2.24, 2.45) is 5.73 Å². The molecule has 6 aromatic carbocycles. The van der Waals surface area contributed by atoms with Crippen molar-refractivity contribution in [1.29, 1.82) is 0 Å². The predicted octanol–water partition coefficient (Wildman–Crippen LogP) is 11.9. The maximum absolute atomic E-state index is 12.9. The number of carboxylic acids is 1. The molecular weight excluding hydrogens is 1070 g/mol. The Hall–Kier alpha value is -10.1.